The standard InChI is InChI=1S/C6H6N4O2/c7-5-3(1-11)9-6(8)4(2-12)10-5/h1-2H,(H2,8,9)(H2,7,10). The van der Waals surface area contributed by atoms with Crippen LogP contribution in [0.5, 0.6) is 0 Å². The molecule has 1 heterocycles. The summed E-state index contributed by atoms with van der Waals surface area (Å²) < 4.78 is 0. The van der Waals surface area contributed by atoms with Crippen LogP contribution in [0.3, 0.4) is 0 Å². The summed E-state index contributed by atoms with van der Waals surface area (Å²) in [4.78, 5) is 27.6. The van der Waals surface area contributed by atoms with Gasteiger partial charge in [-0.3, -0.25) is 9.59 Å². The third-order valence-electron chi connectivity index (χ3n) is 1.23. The van der Waals surface area contributed by atoms with E-state index in [1.807, 2.05) is 0 Å². The van der Waals surface area contributed by atoms with Crippen LogP contribution in [0.2, 0.25) is 0 Å². The first-order chi connectivity index (χ1) is 5.69. The zero-order chi connectivity index (χ0) is 9.14. The summed E-state index contributed by atoms with van der Waals surface area (Å²) in [7, 11) is 0. The summed E-state index contributed by atoms with van der Waals surface area (Å²) in [6.45, 7) is 0. The zero-order valence-corrected chi connectivity index (χ0v) is 6.02. The number of aldehydes is 2. The maximum atomic E-state index is 10.3. The molecular weight excluding hydrogens is 160 g/mol. The molecule has 0 aliphatic carbocycles. The SMILES string of the molecule is Nc1nc(C=O)c(N)nc1C=O. The maximum Gasteiger partial charge on any atom is 0.172 e. The fourth-order valence-electron chi connectivity index (χ4n) is 0.662. The number of carbonyl (C=O) groups is 2. The Morgan fingerprint density at radius 2 is 1.25 bits per heavy atom. The predicted molar refractivity (Wildman–Crippen MR) is 41.6 cm³/mol. The fraction of sp³-hybridized carbons (Fsp3) is 0. The van der Waals surface area contributed by atoms with E-state index in [-0.39, 0.29) is 23.0 Å². The van der Waals surface area contributed by atoms with Crippen LogP contribution in [0, 0.1) is 0 Å². The Morgan fingerprint density at radius 3 is 1.50 bits per heavy atom. The Bertz CT molecular complexity index is 303. The molecule has 0 saturated carbocycles. The van der Waals surface area contributed by atoms with E-state index in [2.05, 4.69) is 9.97 Å². The normalized spacial score (nSPS) is 9.33. The number of carbonyl (C=O) groups excluding carboxylic acids is 2. The largest absolute Gasteiger partial charge is 0.382 e. The molecule has 4 N–H and O–H groups in total. The van der Waals surface area contributed by atoms with E-state index in [0.29, 0.717) is 12.6 Å². The average Bonchev–Trinajstić information content (AvgIpc) is 2.08. The number of hydrogen-bond acceptors (Lipinski definition) is 6. The van der Waals surface area contributed by atoms with Crippen LogP contribution >= 0.6 is 0 Å². The smallest absolute Gasteiger partial charge is 0.172 e. The first kappa shape index (κ1) is 8.12. The second-order valence-corrected chi connectivity index (χ2v) is 2.00. The molecule has 6 heteroatoms. The summed E-state index contributed by atoms with van der Waals surface area (Å²) in [5, 5.41) is 0. The Hall–Kier alpha value is -1.98. The highest BCUT2D eigenvalue weighted by Crippen LogP contribution is 2.08. The average molecular weight is 166 g/mol. The van der Waals surface area contributed by atoms with E-state index >= 15 is 0 Å². The number of nitrogen functional groups attached to an aromatic ring is 2. The molecule has 0 aliphatic rings. The second-order valence-electron chi connectivity index (χ2n) is 2.00. The highest BCUT2D eigenvalue weighted by atomic mass is 16.1. The lowest BCUT2D eigenvalue weighted by Gasteiger charge is -1.99. The van der Waals surface area contributed by atoms with Gasteiger partial charge < -0.3 is 11.5 Å². The lowest BCUT2D eigenvalue weighted by molar-refractivity contribution is 0.110. The van der Waals surface area contributed by atoms with E-state index in [9.17, 15) is 9.59 Å². The van der Waals surface area contributed by atoms with Gasteiger partial charge in [-0.2, -0.15) is 0 Å². The zero-order valence-electron chi connectivity index (χ0n) is 6.02. The number of nitrogens with two attached hydrogens (primary N) is 2. The molecule has 1 rings (SSSR count). The van der Waals surface area contributed by atoms with Crippen molar-refractivity contribution < 1.29 is 9.59 Å². The van der Waals surface area contributed by atoms with Gasteiger partial charge in [0.25, 0.3) is 0 Å². The van der Waals surface area contributed by atoms with Crippen LogP contribution in [-0.2, 0) is 0 Å². The van der Waals surface area contributed by atoms with Crippen molar-refractivity contribution in [1.29, 1.82) is 0 Å². The molecule has 0 saturated heterocycles. The summed E-state index contributed by atoms with van der Waals surface area (Å²) in [5.74, 6) is -0.192. The van der Waals surface area contributed by atoms with E-state index in [4.69, 9.17) is 11.5 Å². The van der Waals surface area contributed by atoms with Crippen LogP contribution in [0.25, 0.3) is 0 Å². The van der Waals surface area contributed by atoms with Crippen molar-refractivity contribution in [1.82, 2.24) is 9.97 Å². The van der Waals surface area contributed by atoms with Gasteiger partial charge in [-0.25, -0.2) is 9.97 Å². The quantitative estimate of drug-likeness (QED) is 0.560. The monoisotopic (exact) mass is 166 g/mol. The van der Waals surface area contributed by atoms with Crippen LogP contribution in [0.1, 0.15) is 21.0 Å². The number of anilines is 2. The van der Waals surface area contributed by atoms with E-state index < -0.39 is 0 Å². The van der Waals surface area contributed by atoms with Gasteiger partial charge in [0.15, 0.2) is 24.2 Å². The van der Waals surface area contributed by atoms with E-state index in [1.54, 1.807) is 0 Å². The van der Waals surface area contributed by atoms with Gasteiger partial charge in [-0.05, 0) is 0 Å². The number of rotatable bonds is 2. The Kier molecular flexibility index (Phi) is 2.00. The molecule has 0 fully saturated rings. The number of hydrogen-bond donors (Lipinski definition) is 2. The molecule has 62 valence electrons. The minimum absolute atomic E-state index is 0.0573. The van der Waals surface area contributed by atoms with Crippen molar-refractivity contribution in [2.75, 3.05) is 11.5 Å². The number of nitrogens with zero attached hydrogens (tertiary/aromatic N) is 2. The van der Waals surface area contributed by atoms with Gasteiger partial charge in [0.2, 0.25) is 0 Å². The molecule has 1 aromatic heterocycles. The van der Waals surface area contributed by atoms with Crippen LogP contribution in [0.4, 0.5) is 11.6 Å². The van der Waals surface area contributed by atoms with Gasteiger partial charge >= 0.3 is 0 Å². The first-order valence-electron chi connectivity index (χ1n) is 3.02. The molecule has 0 radical (unpaired) electrons. The second kappa shape index (κ2) is 2.95. The predicted octanol–water partition coefficient (Wildman–Crippen LogP) is -0.734. The van der Waals surface area contributed by atoms with Crippen molar-refractivity contribution >= 4 is 24.2 Å². The van der Waals surface area contributed by atoms with Crippen LogP contribution in [-0.4, -0.2) is 22.5 Å². The summed E-state index contributed by atoms with van der Waals surface area (Å²) >= 11 is 0. The van der Waals surface area contributed by atoms with Crippen LogP contribution in [0.15, 0.2) is 0 Å². The van der Waals surface area contributed by atoms with Crippen molar-refractivity contribution in [2.24, 2.45) is 0 Å². The van der Waals surface area contributed by atoms with E-state index in [1.165, 1.54) is 0 Å². The van der Waals surface area contributed by atoms with Gasteiger partial charge in [0.05, 0.1) is 0 Å². The third-order valence-corrected chi connectivity index (χ3v) is 1.23. The summed E-state index contributed by atoms with van der Waals surface area (Å²) in [6, 6.07) is 0. The van der Waals surface area contributed by atoms with Gasteiger partial charge in [0.1, 0.15) is 11.4 Å². The van der Waals surface area contributed by atoms with Crippen molar-refractivity contribution in [3.63, 3.8) is 0 Å². The molecule has 0 atom stereocenters. The number of aromatic nitrogens is 2. The molecule has 0 aromatic carbocycles. The molecule has 0 bridgehead atoms. The molecule has 0 amide bonds. The molecule has 6 nitrogen and oxygen atoms in total. The van der Waals surface area contributed by atoms with E-state index in [0.717, 1.165) is 0 Å². The van der Waals surface area contributed by atoms with Crippen LogP contribution < -0.4 is 11.5 Å². The lowest BCUT2D eigenvalue weighted by atomic mass is 10.4. The molecule has 12 heavy (non-hydrogen) atoms. The molecule has 0 aliphatic heterocycles. The Labute approximate surface area is 67.6 Å². The highest BCUT2D eigenvalue weighted by molar-refractivity contribution is 5.84. The Morgan fingerprint density at radius 1 is 0.917 bits per heavy atom. The van der Waals surface area contributed by atoms with Crippen molar-refractivity contribution in [3.05, 3.63) is 11.4 Å². The summed E-state index contributed by atoms with van der Waals surface area (Å²) in [6.07, 6.45) is 0.848. The first-order valence-corrected chi connectivity index (χ1v) is 3.02. The highest BCUT2D eigenvalue weighted by Gasteiger charge is 2.07. The molecule has 1 aromatic rings. The fourth-order valence-corrected chi connectivity index (χ4v) is 0.662. The maximum absolute atomic E-state index is 10.3. The molecule has 0 spiro atoms. The van der Waals surface area contributed by atoms with Crippen molar-refractivity contribution in [2.45, 2.75) is 0 Å². The van der Waals surface area contributed by atoms with Gasteiger partial charge in [-0.15, -0.1) is 0 Å². The minimum atomic E-state index is -0.0960. The third kappa shape index (κ3) is 1.22. The minimum Gasteiger partial charge on any atom is -0.382 e. The van der Waals surface area contributed by atoms with Gasteiger partial charge in [-0.1, -0.05) is 0 Å². The van der Waals surface area contributed by atoms with Gasteiger partial charge in [0, 0.05) is 0 Å². The van der Waals surface area contributed by atoms with Crippen molar-refractivity contribution in [3.8, 4) is 0 Å². The topological polar surface area (TPSA) is 112 Å². The molecular formula is C6H6N4O2. The molecule has 0 unspecified atom stereocenters. The Balaban J connectivity index is 3.34. The lowest BCUT2D eigenvalue weighted by Crippen LogP contribution is -2.07. The summed E-state index contributed by atoms with van der Waals surface area (Å²) in [5.41, 5.74) is 10.4.